The Morgan fingerprint density at radius 3 is 1.76 bits per heavy atom. The Bertz CT molecular complexity index is 6070. The molecule has 10 aromatic carbocycles. The quantitative estimate of drug-likeness (QED) is 0.121. The lowest BCUT2D eigenvalue weighted by Gasteiger charge is -2.44. The van der Waals surface area contributed by atoms with Crippen LogP contribution in [0.15, 0.2) is 308 Å². The summed E-state index contributed by atoms with van der Waals surface area (Å²) in [6, 6.07) is 76.1. The molecule has 0 fully saturated rings. The van der Waals surface area contributed by atoms with E-state index in [-0.39, 0.29) is 27.6 Å². The molecule has 108 heavy (non-hydrogen) atoms. The highest BCUT2D eigenvalue weighted by atomic mass is 15.0. The molecule has 0 saturated carbocycles. The van der Waals surface area contributed by atoms with Gasteiger partial charge in [-0.25, -0.2) is 29.9 Å². The first-order valence-corrected chi connectivity index (χ1v) is 39.0. The molecule has 0 aliphatic heterocycles. The molecule has 6 nitrogen and oxygen atoms in total. The Kier molecular flexibility index (Phi) is 16.4. The molecule has 0 saturated heterocycles. The fourth-order valence-electron chi connectivity index (χ4n) is 18.6. The molecule has 0 N–H and O–H groups in total. The van der Waals surface area contributed by atoms with Gasteiger partial charge in [-0.15, -0.1) is 0 Å². The van der Waals surface area contributed by atoms with Crippen LogP contribution in [0.1, 0.15) is 138 Å². The van der Waals surface area contributed by atoms with E-state index in [1.165, 1.54) is 96.2 Å². The maximum atomic E-state index is 5.43. The number of fused-ring (bicyclic) bond motifs is 7. The summed E-state index contributed by atoms with van der Waals surface area (Å²) < 4.78 is 0. The standard InChI is InChI=1S/C102H88N6/c1-99(2)53-54-100(3,4)91-61-76(45-51-89(91)99)80-48-50-88(85-33-18-16-30-82(80)85)98-107-95(106-96(108-98)86-34-20-27-67-23-13-14-29-79(67)86)78-44-43-74-59-73(41-42-75(74)60-78)70-28-19-21-64(57-70)63-102(7)56-55-101(5,6)92-62-77(46-52-90(92)102)81-47-49-87(84-32-17-15-31-83(81)84)97-104-93(68-24-9-8-10-25-68)103-94(105-97)69-38-35-66(36-39-69)72-40-37-65-22-11-12-26-71(65)58-72/h8-30,32-35,38-52,57-62,65-66,83H,31,36-37,53-56,63H2,1-7H3. The van der Waals surface area contributed by atoms with Crippen molar-refractivity contribution in [2.75, 3.05) is 0 Å². The van der Waals surface area contributed by atoms with E-state index in [1.54, 1.807) is 0 Å². The van der Waals surface area contributed by atoms with E-state index in [4.69, 9.17) is 29.9 Å². The number of aromatic nitrogens is 6. The highest BCUT2D eigenvalue weighted by Crippen LogP contribution is 2.52. The molecule has 0 radical (unpaired) electrons. The monoisotopic (exact) mass is 1400 g/mol. The minimum absolute atomic E-state index is 0.000657. The lowest BCUT2D eigenvalue weighted by Crippen LogP contribution is -2.37. The smallest absolute Gasteiger partial charge is 0.164 e. The van der Waals surface area contributed by atoms with Gasteiger partial charge in [0.25, 0.3) is 0 Å². The number of hydrogen-bond acceptors (Lipinski definition) is 6. The zero-order valence-corrected chi connectivity index (χ0v) is 62.8. The summed E-state index contributed by atoms with van der Waals surface area (Å²) in [5, 5.41) is 6.82. The molecule has 0 spiro atoms. The first-order valence-electron chi connectivity index (χ1n) is 39.0. The van der Waals surface area contributed by atoms with Crippen LogP contribution in [0.3, 0.4) is 0 Å². The van der Waals surface area contributed by atoms with Gasteiger partial charge in [0.1, 0.15) is 0 Å². The fourth-order valence-corrected chi connectivity index (χ4v) is 18.6. The Hall–Kier alpha value is -11.6. The van der Waals surface area contributed by atoms with Gasteiger partial charge < -0.3 is 0 Å². The minimum atomic E-state index is -0.0695. The van der Waals surface area contributed by atoms with Crippen molar-refractivity contribution < 1.29 is 0 Å². The third-order valence-electron chi connectivity index (χ3n) is 25.1. The molecule has 2 heterocycles. The van der Waals surface area contributed by atoms with Gasteiger partial charge in [-0.3, -0.25) is 0 Å². The normalized spacial score (nSPS) is 20.7. The summed E-state index contributed by atoms with van der Waals surface area (Å²) in [7, 11) is 0. The van der Waals surface area contributed by atoms with E-state index >= 15 is 0 Å². The number of nitrogens with zero attached hydrogens (tertiary/aromatic N) is 6. The first-order chi connectivity index (χ1) is 52.5. The van der Waals surface area contributed by atoms with E-state index < -0.39 is 0 Å². The van der Waals surface area contributed by atoms with Crippen LogP contribution in [-0.2, 0) is 28.1 Å². The SMILES string of the molecule is CC1(C)CCC(C)(C)c2cc(-c3ccc(-c4nc(-c5ccc6cc(-c7cccc(CC8(C)CCC(C)(C)c9cc(C%10=CC=C(c%11nc(C%12=CCC(C%13=CCC%14C=CC=CC%14=C%13)C=C%12)nc(-c%12ccccc%12)n%11)C%11=CC=CCC%11%10)ccc98)c7)ccc6c5)nc(-c5cccc6ccccc56)n4)c4ccccc34)ccc21. The minimum Gasteiger partial charge on any atom is -0.208 e. The van der Waals surface area contributed by atoms with E-state index in [1.807, 2.05) is 6.07 Å². The highest BCUT2D eigenvalue weighted by Gasteiger charge is 2.42. The second-order valence-corrected chi connectivity index (χ2v) is 33.4. The first kappa shape index (κ1) is 67.0. The number of hydrogen-bond donors (Lipinski definition) is 0. The molecular formula is C102H88N6. The van der Waals surface area contributed by atoms with E-state index in [2.05, 4.69) is 334 Å². The van der Waals surface area contributed by atoms with Gasteiger partial charge in [-0.1, -0.05) is 322 Å². The van der Waals surface area contributed by atoms with Gasteiger partial charge in [0.2, 0.25) is 0 Å². The topological polar surface area (TPSA) is 77.3 Å². The fraction of sp³-hybridized carbons (Fsp3) is 0.216. The molecule has 4 unspecified atom stereocenters. The average molecular weight is 1400 g/mol. The zero-order chi connectivity index (χ0) is 73.0. The number of rotatable bonds is 12. The van der Waals surface area contributed by atoms with Crippen LogP contribution in [0.2, 0.25) is 0 Å². The largest absolute Gasteiger partial charge is 0.208 e. The summed E-state index contributed by atoms with van der Waals surface area (Å²) in [5.74, 6) is 4.99. The summed E-state index contributed by atoms with van der Waals surface area (Å²) in [4.78, 5) is 32.0. The van der Waals surface area contributed by atoms with Crippen molar-refractivity contribution in [1.29, 1.82) is 0 Å². The molecule has 7 aliphatic rings. The van der Waals surface area contributed by atoms with Crippen LogP contribution in [0.4, 0.5) is 0 Å². The molecule has 526 valence electrons. The van der Waals surface area contributed by atoms with E-state index in [0.29, 0.717) is 46.8 Å². The summed E-state index contributed by atoms with van der Waals surface area (Å²) in [6.07, 6.45) is 40.5. The van der Waals surface area contributed by atoms with Gasteiger partial charge in [0, 0.05) is 51.2 Å². The Labute approximate surface area is 635 Å². The molecule has 4 atom stereocenters. The van der Waals surface area contributed by atoms with Crippen molar-refractivity contribution in [2.24, 2.45) is 17.8 Å². The Morgan fingerprint density at radius 2 is 0.944 bits per heavy atom. The van der Waals surface area contributed by atoms with Crippen LogP contribution in [0, 0.1) is 17.8 Å². The molecule has 0 amide bonds. The van der Waals surface area contributed by atoms with Gasteiger partial charge in [0.15, 0.2) is 34.9 Å². The molecule has 0 bridgehead atoms. The van der Waals surface area contributed by atoms with E-state index in [0.717, 1.165) is 98.9 Å². The average Bonchev–Trinajstić information content (AvgIpc) is 0.740. The summed E-state index contributed by atoms with van der Waals surface area (Å²) >= 11 is 0. The van der Waals surface area contributed by atoms with Gasteiger partial charge in [-0.2, -0.15) is 0 Å². The van der Waals surface area contributed by atoms with Gasteiger partial charge in [0.05, 0.1) is 0 Å². The second-order valence-electron chi connectivity index (χ2n) is 33.4. The zero-order valence-electron chi connectivity index (χ0n) is 62.8. The van der Waals surface area contributed by atoms with Crippen molar-refractivity contribution >= 4 is 49.0 Å². The predicted octanol–water partition coefficient (Wildman–Crippen LogP) is 25.4. The van der Waals surface area contributed by atoms with Gasteiger partial charge >= 0.3 is 0 Å². The third kappa shape index (κ3) is 12.1. The number of allylic oxidation sites excluding steroid dienone is 20. The van der Waals surface area contributed by atoms with Crippen LogP contribution in [0.25, 0.3) is 117 Å². The lowest BCUT2D eigenvalue weighted by atomic mass is 9.60. The molecular weight excluding hydrogens is 1310 g/mol. The van der Waals surface area contributed by atoms with Crippen molar-refractivity contribution in [2.45, 2.75) is 121 Å². The third-order valence-corrected chi connectivity index (χ3v) is 25.1. The van der Waals surface area contributed by atoms with E-state index in [9.17, 15) is 0 Å². The molecule has 2 aromatic heterocycles. The van der Waals surface area contributed by atoms with Crippen molar-refractivity contribution in [3.8, 4) is 67.8 Å². The van der Waals surface area contributed by atoms with Crippen molar-refractivity contribution in [1.82, 2.24) is 29.9 Å². The lowest BCUT2D eigenvalue weighted by molar-refractivity contribution is 0.310. The summed E-state index contributed by atoms with van der Waals surface area (Å²) in [6.45, 7) is 17.0. The summed E-state index contributed by atoms with van der Waals surface area (Å²) in [5.41, 5.74) is 24.8. The van der Waals surface area contributed by atoms with Crippen LogP contribution < -0.4 is 0 Å². The number of benzene rings is 10. The molecule has 7 aliphatic carbocycles. The van der Waals surface area contributed by atoms with Crippen LogP contribution >= 0.6 is 0 Å². The maximum Gasteiger partial charge on any atom is 0.164 e. The predicted molar refractivity (Wildman–Crippen MR) is 449 cm³/mol. The maximum absolute atomic E-state index is 5.43. The molecule has 6 heteroatoms. The van der Waals surface area contributed by atoms with Crippen molar-refractivity contribution in [3.05, 3.63) is 353 Å². The Balaban J connectivity index is 0.610. The molecule has 19 rings (SSSR count). The van der Waals surface area contributed by atoms with Crippen LogP contribution in [-0.4, -0.2) is 29.9 Å². The van der Waals surface area contributed by atoms with Gasteiger partial charge in [-0.05, 0) is 201 Å². The van der Waals surface area contributed by atoms with Crippen LogP contribution in [0.5, 0.6) is 0 Å². The Morgan fingerprint density at radius 1 is 0.352 bits per heavy atom. The highest BCUT2D eigenvalue weighted by molar-refractivity contribution is 6.05. The van der Waals surface area contributed by atoms with Crippen molar-refractivity contribution in [3.63, 3.8) is 0 Å². The second kappa shape index (κ2) is 26.4. The molecule has 12 aromatic rings.